The van der Waals surface area contributed by atoms with Crippen molar-refractivity contribution in [3.63, 3.8) is 0 Å². The van der Waals surface area contributed by atoms with E-state index in [0.717, 1.165) is 0 Å². The van der Waals surface area contributed by atoms with E-state index in [1.54, 1.807) is 6.92 Å². The summed E-state index contributed by atoms with van der Waals surface area (Å²) in [6.45, 7) is 4.20. The number of phenols is 1. The van der Waals surface area contributed by atoms with Crippen molar-refractivity contribution in [3.8, 4) is 11.5 Å². The number of hydrogen-bond donors (Lipinski definition) is 2. The van der Waals surface area contributed by atoms with Gasteiger partial charge in [0.05, 0.1) is 0 Å². The summed E-state index contributed by atoms with van der Waals surface area (Å²) in [6, 6.07) is 3.24. The Kier molecular flexibility index (Phi) is 4.56. The fraction of sp³-hybridized carbons (Fsp3) is 0.400. The van der Waals surface area contributed by atoms with E-state index in [0.29, 0.717) is 5.56 Å². The van der Waals surface area contributed by atoms with E-state index in [1.807, 2.05) is 0 Å². The van der Waals surface area contributed by atoms with Gasteiger partial charge < -0.3 is 19.8 Å². The predicted octanol–water partition coefficient (Wildman–Crippen LogP) is 1.54. The SMILES string of the molecule is CC(=O)Oc1ccc(O)c(C2(C)SCC(C(=O)O)N2C(C)=O)c1. The van der Waals surface area contributed by atoms with E-state index in [9.17, 15) is 24.6 Å². The third-order valence-electron chi connectivity index (χ3n) is 3.65. The lowest BCUT2D eigenvalue weighted by Gasteiger charge is -2.36. The zero-order valence-corrected chi connectivity index (χ0v) is 13.7. The molecule has 124 valence electrons. The van der Waals surface area contributed by atoms with Gasteiger partial charge in [-0.3, -0.25) is 9.59 Å². The fourth-order valence-corrected chi connectivity index (χ4v) is 4.20. The number of hydrogen-bond acceptors (Lipinski definition) is 6. The lowest BCUT2D eigenvalue weighted by molar-refractivity contribution is -0.150. The van der Waals surface area contributed by atoms with Crippen molar-refractivity contribution in [2.45, 2.75) is 31.7 Å². The van der Waals surface area contributed by atoms with Gasteiger partial charge in [0.1, 0.15) is 22.4 Å². The molecule has 1 aromatic carbocycles. The number of nitrogens with zero attached hydrogens (tertiary/aromatic N) is 1. The average Bonchev–Trinajstić information content (AvgIpc) is 2.79. The van der Waals surface area contributed by atoms with Crippen molar-refractivity contribution >= 4 is 29.6 Å². The van der Waals surface area contributed by atoms with E-state index < -0.39 is 28.8 Å². The first-order valence-corrected chi connectivity index (χ1v) is 7.84. The number of phenolic OH excluding ortho intramolecular Hbond substituents is 1. The first-order valence-electron chi connectivity index (χ1n) is 6.85. The Balaban J connectivity index is 2.52. The molecule has 1 aromatic rings. The number of carboxylic acids is 1. The second-order valence-corrected chi connectivity index (χ2v) is 6.73. The average molecular weight is 339 g/mol. The van der Waals surface area contributed by atoms with E-state index >= 15 is 0 Å². The number of ether oxygens (including phenoxy) is 1. The second kappa shape index (κ2) is 6.11. The largest absolute Gasteiger partial charge is 0.508 e. The molecule has 2 atom stereocenters. The van der Waals surface area contributed by atoms with Crippen molar-refractivity contribution < 1.29 is 29.3 Å². The van der Waals surface area contributed by atoms with E-state index in [4.69, 9.17) is 4.74 Å². The summed E-state index contributed by atoms with van der Waals surface area (Å²) in [5, 5.41) is 19.5. The van der Waals surface area contributed by atoms with E-state index in [1.165, 1.54) is 48.7 Å². The Morgan fingerprint density at radius 1 is 1.35 bits per heavy atom. The second-order valence-electron chi connectivity index (χ2n) is 5.31. The van der Waals surface area contributed by atoms with Gasteiger partial charge in [0.2, 0.25) is 5.91 Å². The number of esters is 1. The minimum atomic E-state index is -1.10. The molecule has 0 aliphatic carbocycles. The molecule has 2 N–H and O–H groups in total. The summed E-state index contributed by atoms with van der Waals surface area (Å²) in [4.78, 5) is 34.6. The number of carbonyl (C=O) groups excluding carboxylic acids is 2. The molecule has 2 unspecified atom stereocenters. The van der Waals surface area contributed by atoms with Crippen LogP contribution in [0.3, 0.4) is 0 Å². The maximum atomic E-state index is 12.0. The van der Waals surface area contributed by atoms with Crippen molar-refractivity contribution in [1.82, 2.24) is 4.90 Å². The molecule has 2 rings (SSSR count). The molecule has 1 fully saturated rings. The molecule has 23 heavy (non-hydrogen) atoms. The van der Waals surface area contributed by atoms with E-state index in [-0.39, 0.29) is 17.3 Å². The molecular formula is C15H17NO6S. The van der Waals surface area contributed by atoms with Crippen LogP contribution in [0.5, 0.6) is 11.5 Å². The van der Waals surface area contributed by atoms with Crippen molar-refractivity contribution in [2.24, 2.45) is 0 Å². The monoisotopic (exact) mass is 339 g/mol. The third kappa shape index (κ3) is 3.12. The van der Waals surface area contributed by atoms with Crippen LogP contribution in [0.1, 0.15) is 26.3 Å². The number of aromatic hydroxyl groups is 1. The van der Waals surface area contributed by atoms with Gasteiger partial charge in [-0.05, 0) is 25.1 Å². The topological polar surface area (TPSA) is 104 Å². The Labute approximate surface area is 137 Å². The maximum Gasteiger partial charge on any atom is 0.327 e. The zero-order valence-electron chi connectivity index (χ0n) is 12.9. The first kappa shape index (κ1) is 17.1. The lowest BCUT2D eigenvalue weighted by atomic mass is 10.0. The molecule has 0 spiro atoms. The molecule has 7 nitrogen and oxygen atoms in total. The quantitative estimate of drug-likeness (QED) is 0.636. The number of benzene rings is 1. The Morgan fingerprint density at radius 3 is 2.52 bits per heavy atom. The van der Waals surface area contributed by atoms with Crippen LogP contribution in [-0.2, 0) is 19.3 Å². The molecule has 1 heterocycles. The van der Waals surface area contributed by atoms with Gasteiger partial charge in [-0.15, -0.1) is 11.8 Å². The smallest absolute Gasteiger partial charge is 0.327 e. The maximum absolute atomic E-state index is 12.0. The molecule has 0 aromatic heterocycles. The number of carboxylic acid groups (broad SMARTS) is 1. The minimum absolute atomic E-state index is 0.104. The zero-order chi connectivity index (χ0) is 17.4. The van der Waals surface area contributed by atoms with Crippen LogP contribution in [0.25, 0.3) is 0 Å². The van der Waals surface area contributed by atoms with Crippen LogP contribution in [0, 0.1) is 0 Å². The predicted molar refractivity (Wildman–Crippen MR) is 83.2 cm³/mol. The molecule has 8 heteroatoms. The van der Waals surface area contributed by atoms with Gasteiger partial charge in [-0.25, -0.2) is 4.79 Å². The van der Waals surface area contributed by atoms with Crippen molar-refractivity contribution in [3.05, 3.63) is 23.8 Å². The first-order chi connectivity index (χ1) is 10.7. The number of thioether (sulfide) groups is 1. The summed E-state index contributed by atoms with van der Waals surface area (Å²) >= 11 is 1.24. The van der Waals surface area contributed by atoms with Gasteiger partial charge >= 0.3 is 11.9 Å². The van der Waals surface area contributed by atoms with Crippen LogP contribution in [-0.4, -0.2) is 44.8 Å². The van der Waals surface area contributed by atoms with E-state index in [2.05, 4.69) is 0 Å². The van der Waals surface area contributed by atoms with Crippen LogP contribution >= 0.6 is 11.8 Å². The molecule has 0 saturated carbocycles. The normalized spacial score (nSPS) is 23.6. The van der Waals surface area contributed by atoms with Crippen LogP contribution < -0.4 is 4.74 Å². The summed E-state index contributed by atoms with van der Waals surface area (Å²) in [6.07, 6.45) is 0. The van der Waals surface area contributed by atoms with Crippen LogP contribution in [0.2, 0.25) is 0 Å². The van der Waals surface area contributed by atoms with Gasteiger partial charge in [-0.2, -0.15) is 0 Å². The Bertz CT molecular complexity index is 676. The highest BCUT2D eigenvalue weighted by atomic mass is 32.2. The minimum Gasteiger partial charge on any atom is -0.508 e. The molecule has 1 amide bonds. The van der Waals surface area contributed by atoms with Gasteiger partial charge in [0, 0.05) is 25.2 Å². The highest BCUT2D eigenvalue weighted by Gasteiger charge is 2.50. The Morgan fingerprint density at radius 2 is 2.00 bits per heavy atom. The fourth-order valence-electron chi connectivity index (χ4n) is 2.71. The van der Waals surface area contributed by atoms with Crippen molar-refractivity contribution in [1.29, 1.82) is 0 Å². The third-order valence-corrected chi connectivity index (χ3v) is 5.11. The highest BCUT2D eigenvalue weighted by molar-refractivity contribution is 8.00. The molecule has 1 saturated heterocycles. The number of amides is 1. The van der Waals surface area contributed by atoms with Crippen LogP contribution in [0.4, 0.5) is 0 Å². The highest BCUT2D eigenvalue weighted by Crippen LogP contribution is 2.50. The van der Waals surface area contributed by atoms with Gasteiger partial charge in [0.25, 0.3) is 0 Å². The lowest BCUT2D eigenvalue weighted by Crippen LogP contribution is -2.48. The van der Waals surface area contributed by atoms with Crippen molar-refractivity contribution in [2.75, 3.05) is 5.75 Å². The number of carbonyl (C=O) groups is 3. The van der Waals surface area contributed by atoms with Gasteiger partial charge in [-0.1, -0.05) is 0 Å². The number of aliphatic carboxylic acids is 1. The molecule has 0 radical (unpaired) electrons. The summed E-state index contributed by atoms with van der Waals surface area (Å²) in [5.41, 5.74) is 0.320. The Hall–Kier alpha value is -2.22. The summed E-state index contributed by atoms with van der Waals surface area (Å²) in [5.74, 6) is -1.72. The standard InChI is InChI=1S/C15H17NO6S/c1-8(17)16-12(14(20)21)7-23-15(16,3)11-6-10(22-9(2)18)4-5-13(11)19/h4-6,12,19H,7H2,1-3H3,(H,20,21). The van der Waals surface area contributed by atoms with Crippen LogP contribution in [0.15, 0.2) is 18.2 Å². The molecular weight excluding hydrogens is 322 g/mol. The van der Waals surface area contributed by atoms with Gasteiger partial charge in [0.15, 0.2) is 0 Å². The molecule has 0 bridgehead atoms. The summed E-state index contributed by atoms with van der Waals surface area (Å²) < 4.78 is 5.01. The number of rotatable bonds is 3. The summed E-state index contributed by atoms with van der Waals surface area (Å²) in [7, 11) is 0. The molecule has 1 aliphatic rings. The molecule has 1 aliphatic heterocycles.